The minimum absolute atomic E-state index is 0. The Hall–Kier alpha value is -1.51. The van der Waals surface area contributed by atoms with Crippen LogP contribution in [-0.4, -0.2) is 13.2 Å². The fourth-order valence-corrected chi connectivity index (χ4v) is 2.96. The zero-order valence-corrected chi connectivity index (χ0v) is 16.1. The predicted octanol–water partition coefficient (Wildman–Crippen LogP) is 5.74. The quantitative estimate of drug-likeness (QED) is 0.518. The molecule has 0 radical (unpaired) electrons. The molecule has 0 aliphatic carbocycles. The summed E-state index contributed by atoms with van der Waals surface area (Å²) in [5, 5.41) is 0. The minimum atomic E-state index is 0. The molecule has 0 fully saturated rings. The lowest BCUT2D eigenvalue weighted by molar-refractivity contribution is 0.304. The molecule has 2 N–H and O–H groups in total. The standard InChI is InChI=1S/C22H31NO.ClH/c1-2-3-4-5-9-16-24-22-14-12-19(13-15-22)17-21(18-23)20-10-7-6-8-11-20;/h6-8,10-15,21H,2-5,9,16-18,23H2,1H3;1H. The summed E-state index contributed by atoms with van der Waals surface area (Å²) in [6.45, 7) is 3.73. The largest absolute Gasteiger partial charge is 0.494 e. The first-order chi connectivity index (χ1) is 11.8. The summed E-state index contributed by atoms with van der Waals surface area (Å²) in [6, 6.07) is 19.0. The van der Waals surface area contributed by atoms with Crippen LogP contribution in [0.5, 0.6) is 5.75 Å². The van der Waals surface area contributed by atoms with Gasteiger partial charge in [0.25, 0.3) is 0 Å². The van der Waals surface area contributed by atoms with E-state index in [1.807, 2.05) is 6.07 Å². The van der Waals surface area contributed by atoms with Crippen molar-refractivity contribution in [3.8, 4) is 5.75 Å². The Morgan fingerprint density at radius 2 is 1.56 bits per heavy atom. The van der Waals surface area contributed by atoms with Gasteiger partial charge in [0.15, 0.2) is 0 Å². The van der Waals surface area contributed by atoms with E-state index in [1.54, 1.807) is 0 Å². The third-order valence-electron chi connectivity index (χ3n) is 4.48. The number of hydrogen-bond acceptors (Lipinski definition) is 2. The molecule has 0 aliphatic rings. The molecule has 138 valence electrons. The summed E-state index contributed by atoms with van der Waals surface area (Å²) in [7, 11) is 0. The third kappa shape index (κ3) is 7.94. The maximum atomic E-state index is 5.97. The molecule has 0 spiro atoms. The zero-order chi connectivity index (χ0) is 17.0. The molecular formula is C22H32ClNO. The molecule has 2 nitrogen and oxygen atoms in total. The molecule has 0 bridgehead atoms. The molecule has 2 rings (SSSR count). The summed E-state index contributed by atoms with van der Waals surface area (Å²) >= 11 is 0. The van der Waals surface area contributed by atoms with Crippen molar-refractivity contribution >= 4 is 12.4 Å². The summed E-state index contributed by atoms with van der Waals surface area (Å²) in [4.78, 5) is 0. The van der Waals surface area contributed by atoms with E-state index in [1.165, 1.54) is 36.8 Å². The van der Waals surface area contributed by atoms with E-state index in [-0.39, 0.29) is 12.4 Å². The Bertz CT molecular complexity index is 556. The average Bonchev–Trinajstić information content (AvgIpc) is 2.64. The molecule has 2 aromatic carbocycles. The van der Waals surface area contributed by atoms with Crippen molar-refractivity contribution in [3.63, 3.8) is 0 Å². The molecule has 0 saturated carbocycles. The Morgan fingerprint density at radius 1 is 0.880 bits per heavy atom. The Morgan fingerprint density at radius 3 is 2.20 bits per heavy atom. The minimum Gasteiger partial charge on any atom is -0.494 e. The highest BCUT2D eigenvalue weighted by Crippen LogP contribution is 2.21. The van der Waals surface area contributed by atoms with Crippen molar-refractivity contribution in [3.05, 3.63) is 65.7 Å². The molecule has 0 aromatic heterocycles. The average molecular weight is 362 g/mol. The predicted molar refractivity (Wildman–Crippen MR) is 110 cm³/mol. The highest BCUT2D eigenvalue weighted by Gasteiger charge is 2.10. The van der Waals surface area contributed by atoms with E-state index in [9.17, 15) is 0 Å². The number of halogens is 1. The monoisotopic (exact) mass is 361 g/mol. The molecule has 1 unspecified atom stereocenters. The lowest BCUT2D eigenvalue weighted by Crippen LogP contribution is -2.14. The Labute approximate surface area is 159 Å². The Balaban J connectivity index is 0.00000312. The lowest BCUT2D eigenvalue weighted by atomic mass is 9.92. The molecular weight excluding hydrogens is 330 g/mol. The van der Waals surface area contributed by atoms with Gasteiger partial charge in [-0.2, -0.15) is 0 Å². The maximum Gasteiger partial charge on any atom is 0.119 e. The van der Waals surface area contributed by atoms with E-state index in [4.69, 9.17) is 10.5 Å². The van der Waals surface area contributed by atoms with Crippen molar-refractivity contribution < 1.29 is 4.74 Å². The van der Waals surface area contributed by atoms with E-state index in [0.717, 1.165) is 25.2 Å². The van der Waals surface area contributed by atoms with E-state index >= 15 is 0 Å². The molecule has 3 heteroatoms. The van der Waals surface area contributed by atoms with Crippen LogP contribution in [0.15, 0.2) is 54.6 Å². The van der Waals surface area contributed by atoms with Gasteiger partial charge in [-0.05, 0) is 42.6 Å². The number of hydrogen-bond donors (Lipinski definition) is 1. The molecule has 0 aliphatic heterocycles. The van der Waals surface area contributed by atoms with Crippen LogP contribution in [0.1, 0.15) is 56.1 Å². The van der Waals surface area contributed by atoms with Crippen molar-refractivity contribution in [1.82, 2.24) is 0 Å². The van der Waals surface area contributed by atoms with Gasteiger partial charge in [-0.3, -0.25) is 0 Å². The summed E-state index contributed by atoms with van der Waals surface area (Å²) in [5.74, 6) is 1.34. The molecule has 0 heterocycles. The summed E-state index contributed by atoms with van der Waals surface area (Å²) < 4.78 is 5.83. The fraction of sp³-hybridized carbons (Fsp3) is 0.455. The van der Waals surface area contributed by atoms with Gasteiger partial charge in [0.05, 0.1) is 6.61 Å². The van der Waals surface area contributed by atoms with Gasteiger partial charge in [-0.15, -0.1) is 12.4 Å². The second-order valence-corrected chi connectivity index (χ2v) is 6.45. The first kappa shape index (κ1) is 21.5. The third-order valence-corrected chi connectivity index (χ3v) is 4.48. The van der Waals surface area contributed by atoms with Gasteiger partial charge in [0.2, 0.25) is 0 Å². The van der Waals surface area contributed by atoms with Crippen molar-refractivity contribution in [2.75, 3.05) is 13.2 Å². The van der Waals surface area contributed by atoms with Gasteiger partial charge in [-0.25, -0.2) is 0 Å². The van der Waals surface area contributed by atoms with E-state index < -0.39 is 0 Å². The Kier molecular flexibility index (Phi) is 11.0. The van der Waals surface area contributed by atoms with Crippen molar-refractivity contribution in [2.24, 2.45) is 5.73 Å². The van der Waals surface area contributed by atoms with Crippen LogP contribution in [0, 0.1) is 0 Å². The molecule has 0 saturated heterocycles. The number of ether oxygens (including phenoxy) is 1. The molecule has 1 atom stereocenters. The maximum absolute atomic E-state index is 5.97. The van der Waals surface area contributed by atoms with Crippen LogP contribution in [-0.2, 0) is 6.42 Å². The molecule has 25 heavy (non-hydrogen) atoms. The second-order valence-electron chi connectivity index (χ2n) is 6.45. The van der Waals surface area contributed by atoms with Crippen LogP contribution in [0.3, 0.4) is 0 Å². The number of nitrogens with two attached hydrogens (primary N) is 1. The number of benzene rings is 2. The highest BCUT2D eigenvalue weighted by atomic mass is 35.5. The highest BCUT2D eigenvalue weighted by molar-refractivity contribution is 5.85. The van der Waals surface area contributed by atoms with Crippen LogP contribution in [0.4, 0.5) is 0 Å². The van der Waals surface area contributed by atoms with Crippen LogP contribution >= 0.6 is 12.4 Å². The smallest absolute Gasteiger partial charge is 0.119 e. The van der Waals surface area contributed by atoms with Crippen molar-refractivity contribution in [1.29, 1.82) is 0 Å². The van der Waals surface area contributed by atoms with Crippen LogP contribution < -0.4 is 10.5 Å². The second kappa shape index (κ2) is 12.8. The van der Waals surface area contributed by atoms with Crippen molar-refractivity contribution in [2.45, 2.75) is 51.4 Å². The van der Waals surface area contributed by atoms with Gasteiger partial charge in [-0.1, -0.05) is 75.1 Å². The van der Waals surface area contributed by atoms with Gasteiger partial charge < -0.3 is 10.5 Å². The lowest BCUT2D eigenvalue weighted by Gasteiger charge is -2.15. The van der Waals surface area contributed by atoms with E-state index in [2.05, 4.69) is 55.5 Å². The summed E-state index contributed by atoms with van der Waals surface area (Å²) in [5.41, 5.74) is 8.60. The van der Waals surface area contributed by atoms with Gasteiger partial charge in [0, 0.05) is 5.92 Å². The number of unbranched alkanes of at least 4 members (excludes halogenated alkanes) is 4. The zero-order valence-electron chi connectivity index (χ0n) is 15.3. The molecule has 0 amide bonds. The SMILES string of the molecule is CCCCCCCOc1ccc(CC(CN)c2ccccc2)cc1.Cl. The first-order valence-corrected chi connectivity index (χ1v) is 9.30. The van der Waals surface area contributed by atoms with E-state index in [0.29, 0.717) is 12.5 Å². The van der Waals surface area contributed by atoms with Crippen LogP contribution in [0.2, 0.25) is 0 Å². The van der Waals surface area contributed by atoms with Gasteiger partial charge in [0.1, 0.15) is 5.75 Å². The summed E-state index contributed by atoms with van der Waals surface area (Å²) in [6.07, 6.45) is 7.32. The van der Waals surface area contributed by atoms with Gasteiger partial charge >= 0.3 is 0 Å². The topological polar surface area (TPSA) is 35.2 Å². The molecule has 2 aromatic rings. The van der Waals surface area contributed by atoms with Crippen LogP contribution in [0.25, 0.3) is 0 Å². The number of rotatable bonds is 11. The fourth-order valence-electron chi connectivity index (χ4n) is 2.96. The first-order valence-electron chi connectivity index (χ1n) is 9.30. The normalized spacial score (nSPS) is 11.6.